The molecule has 0 aliphatic carbocycles. The topological polar surface area (TPSA) is 65.0 Å². The van der Waals surface area contributed by atoms with Gasteiger partial charge in [0.15, 0.2) is 0 Å². The molecule has 0 aromatic heterocycles. The van der Waals surface area contributed by atoms with Crippen LogP contribution in [0.4, 0.5) is 0 Å². The van der Waals surface area contributed by atoms with Crippen LogP contribution in [0.2, 0.25) is 0 Å². The summed E-state index contributed by atoms with van der Waals surface area (Å²) < 4.78 is 16.3. The van der Waals surface area contributed by atoms with Crippen molar-refractivity contribution in [1.29, 1.82) is 0 Å². The fraction of sp³-hybridized carbons (Fsp3) is 0.500. The minimum Gasteiger partial charge on any atom is -0.477 e. The number of carboxylic acids is 1. The van der Waals surface area contributed by atoms with Gasteiger partial charge in [-0.2, -0.15) is 0 Å². The highest BCUT2D eigenvalue weighted by Gasteiger charge is 2.50. The van der Waals surface area contributed by atoms with E-state index in [2.05, 4.69) is 0 Å². The Balaban J connectivity index is 1.85. The summed E-state index contributed by atoms with van der Waals surface area (Å²) in [6.07, 6.45) is 0. The molecule has 0 amide bonds. The zero-order valence-corrected chi connectivity index (χ0v) is 11.1. The predicted octanol–water partition coefficient (Wildman–Crippen LogP) is 1.81. The van der Waals surface area contributed by atoms with E-state index in [1.807, 2.05) is 30.3 Å². The molecule has 1 fully saturated rings. The lowest BCUT2D eigenvalue weighted by molar-refractivity contribution is -0.210. The van der Waals surface area contributed by atoms with Gasteiger partial charge in [-0.25, -0.2) is 4.79 Å². The molecule has 5 heteroatoms. The van der Waals surface area contributed by atoms with Gasteiger partial charge >= 0.3 is 5.97 Å². The number of carbonyl (C=O) groups is 1. The van der Waals surface area contributed by atoms with Crippen LogP contribution in [0.1, 0.15) is 19.4 Å². The predicted molar refractivity (Wildman–Crippen MR) is 67.6 cm³/mol. The monoisotopic (exact) mass is 266 g/mol. The van der Waals surface area contributed by atoms with Crippen molar-refractivity contribution in [2.75, 3.05) is 13.2 Å². The molecule has 0 spiro atoms. The first-order valence-electron chi connectivity index (χ1n) is 6.13. The molecule has 2 rings (SSSR count). The largest absolute Gasteiger partial charge is 0.477 e. The van der Waals surface area contributed by atoms with Crippen LogP contribution in [0.25, 0.3) is 0 Å². The number of ether oxygens (including phenoxy) is 3. The molecule has 2 unspecified atom stereocenters. The molecule has 1 heterocycles. The number of rotatable bonds is 5. The summed E-state index contributed by atoms with van der Waals surface area (Å²) in [5.41, 5.74) is 0.327. The van der Waals surface area contributed by atoms with Crippen LogP contribution in [0.5, 0.6) is 0 Å². The van der Waals surface area contributed by atoms with Gasteiger partial charge in [0.05, 0.1) is 19.8 Å². The number of hydrogen-bond donors (Lipinski definition) is 1. The van der Waals surface area contributed by atoms with Crippen molar-refractivity contribution >= 4 is 5.97 Å². The van der Waals surface area contributed by atoms with Gasteiger partial charge in [0.1, 0.15) is 5.60 Å². The van der Waals surface area contributed by atoms with Crippen molar-refractivity contribution in [3.63, 3.8) is 0 Å². The van der Waals surface area contributed by atoms with Crippen molar-refractivity contribution in [3.8, 4) is 0 Å². The molecule has 1 aromatic carbocycles. The summed E-state index contributed by atoms with van der Waals surface area (Å²) in [4.78, 5) is 11.0. The second-order valence-corrected chi connectivity index (χ2v) is 5.07. The maximum atomic E-state index is 11.0. The standard InChI is InChI=1S/C14H18O5/c1-13(10-18-14(2,19-13)12(15)16)9-17-8-11-6-4-3-5-7-11/h3-7H,8-10H2,1-2H3,(H,15,16). The van der Waals surface area contributed by atoms with E-state index in [1.165, 1.54) is 6.92 Å². The molecule has 1 N–H and O–H groups in total. The van der Waals surface area contributed by atoms with Gasteiger partial charge in [-0.15, -0.1) is 0 Å². The third kappa shape index (κ3) is 3.32. The van der Waals surface area contributed by atoms with Crippen LogP contribution in [0.15, 0.2) is 30.3 Å². The molecular formula is C14H18O5. The molecule has 19 heavy (non-hydrogen) atoms. The second kappa shape index (κ2) is 5.28. The fourth-order valence-electron chi connectivity index (χ4n) is 1.96. The van der Waals surface area contributed by atoms with E-state index < -0.39 is 17.4 Å². The maximum absolute atomic E-state index is 11.0. The molecule has 1 aromatic rings. The third-order valence-electron chi connectivity index (χ3n) is 3.00. The number of hydrogen-bond acceptors (Lipinski definition) is 4. The smallest absolute Gasteiger partial charge is 0.364 e. The highest BCUT2D eigenvalue weighted by atomic mass is 16.8. The summed E-state index contributed by atoms with van der Waals surface area (Å²) in [5, 5.41) is 9.02. The van der Waals surface area contributed by atoms with E-state index in [0.29, 0.717) is 6.61 Å². The van der Waals surface area contributed by atoms with Crippen LogP contribution in [0, 0.1) is 0 Å². The average molecular weight is 266 g/mol. The zero-order chi connectivity index (χ0) is 13.9. The number of aliphatic carboxylic acids is 1. The Bertz CT molecular complexity index is 446. The van der Waals surface area contributed by atoms with Crippen LogP contribution >= 0.6 is 0 Å². The Hall–Kier alpha value is -1.43. The van der Waals surface area contributed by atoms with Gasteiger partial charge in [0, 0.05) is 6.92 Å². The normalized spacial score (nSPS) is 30.4. The summed E-state index contributed by atoms with van der Waals surface area (Å²) in [6.45, 7) is 4.13. The van der Waals surface area contributed by atoms with Crippen LogP contribution < -0.4 is 0 Å². The van der Waals surface area contributed by atoms with E-state index in [9.17, 15) is 4.79 Å². The number of benzene rings is 1. The van der Waals surface area contributed by atoms with Gasteiger partial charge in [-0.3, -0.25) is 0 Å². The molecule has 0 bridgehead atoms. The Morgan fingerprint density at radius 2 is 2.05 bits per heavy atom. The Labute approximate surface area is 112 Å². The van der Waals surface area contributed by atoms with E-state index in [-0.39, 0.29) is 13.2 Å². The minimum atomic E-state index is -1.58. The van der Waals surface area contributed by atoms with Crippen molar-refractivity contribution in [2.24, 2.45) is 0 Å². The third-order valence-corrected chi connectivity index (χ3v) is 3.00. The molecular weight excluding hydrogens is 248 g/mol. The van der Waals surface area contributed by atoms with E-state index in [1.54, 1.807) is 6.92 Å². The fourth-order valence-corrected chi connectivity index (χ4v) is 1.96. The van der Waals surface area contributed by atoms with Crippen LogP contribution in [0.3, 0.4) is 0 Å². The minimum absolute atomic E-state index is 0.199. The van der Waals surface area contributed by atoms with E-state index >= 15 is 0 Å². The summed E-state index contributed by atoms with van der Waals surface area (Å²) in [6, 6.07) is 9.76. The highest BCUT2D eigenvalue weighted by Crippen LogP contribution is 2.31. The molecule has 0 saturated carbocycles. The van der Waals surface area contributed by atoms with Gasteiger partial charge in [0.25, 0.3) is 5.79 Å². The van der Waals surface area contributed by atoms with Gasteiger partial charge in [0.2, 0.25) is 0 Å². The van der Waals surface area contributed by atoms with Gasteiger partial charge in [-0.1, -0.05) is 30.3 Å². The summed E-state index contributed by atoms with van der Waals surface area (Å²) in [5.74, 6) is -2.70. The highest BCUT2D eigenvalue weighted by molar-refractivity contribution is 5.75. The molecule has 104 valence electrons. The van der Waals surface area contributed by atoms with Crippen molar-refractivity contribution < 1.29 is 24.1 Å². The molecule has 1 aliphatic heterocycles. The Morgan fingerprint density at radius 1 is 1.37 bits per heavy atom. The van der Waals surface area contributed by atoms with E-state index in [4.69, 9.17) is 19.3 Å². The van der Waals surface area contributed by atoms with Crippen molar-refractivity contribution in [2.45, 2.75) is 31.8 Å². The summed E-state index contributed by atoms with van der Waals surface area (Å²) >= 11 is 0. The van der Waals surface area contributed by atoms with Crippen molar-refractivity contribution in [3.05, 3.63) is 35.9 Å². The van der Waals surface area contributed by atoms with Gasteiger partial charge in [-0.05, 0) is 12.5 Å². The maximum Gasteiger partial charge on any atom is 0.364 e. The molecule has 0 radical (unpaired) electrons. The van der Waals surface area contributed by atoms with Crippen LogP contribution in [-0.4, -0.2) is 35.7 Å². The number of carboxylic acid groups (broad SMARTS) is 1. The summed E-state index contributed by atoms with van der Waals surface area (Å²) in [7, 11) is 0. The first-order chi connectivity index (χ1) is 8.94. The molecule has 2 atom stereocenters. The molecule has 1 aliphatic rings. The first-order valence-corrected chi connectivity index (χ1v) is 6.13. The Morgan fingerprint density at radius 3 is 2.63 bits per heavy atom. The average Bonchev–Trinajstić information content (AvgIpc) is 2.69. The molecule has 5 nitrogen and oxygen atoms in total. The lowest BCUT2D eigenvalue weighted by Crippen LogP contribution is -2.41. The molecule has 1 saturated heterocycles. The Kier molecular flexibility index (Phi) is 3.89. The van der Waals surface area contributed by atoms with E-state index in [0.717, 1.165) is 5.56 Å². The lowest BCUT2D eigenvalue weighted by atomic mass is 10.1. The lowest BCUT2D eigenvalue weighted by Gasteiger charge is -2.24. The quantitative estimate of drug-likeness (QED) is 0.880. The second-order valence-electron chi connectivity index (χ2n) is 5.07. The SMILES string of the molecule is CC1(COCc2ccccc2)COC(C)(C(=O)O)O1. The first kappa shape index (κ1) is 14.0. The van der Waals surface area contributed by atoms with Crippen molar-refractivity contribution in [1.82, 2.24) is 0 Å². The van der Waals surface area contributed by atoms with Gasteiger partial charge < -0.3 is 19.3 Å². The van der Waals surface area contributed by atoms with Crippen LogP contribution in [-0.2, 0) is 25.6 Å². The zero-order valence-electron chi connectivity index (χ0n) is 11.1.